The zero-order chi connectivity index (χ0) is 11.8. The van der Waals surface area contributed by atoms with E-state index >= 15 is 0 Å². The molecule has 0 aliphatic carbocycles. The molecule has 1 aliphatic rings. The average molecular weight is 283 g/mol. The van der Waals surface area contributed by atoms with E-state index in [1.54, 1.807) is 12.1 Å². The number of hydrogen-bond acceptors (Lipinski definition) is 2. The fraction of sp³-hybridized carbons (Fsp3) is 0.300. The normalized spacial score (nSPS) is 20.5. The third kappa shape index (κ3) is 2.59. The van der Waals surface area contributed by atoms with Gasteiger partial charge in [0.2, 0.25) is 5.90 Å². The molecular weight excluding hydrogens is 275 g/mol. The van der Waals surface area contributed by atoms with Crippen LogP contribution in [0.4, 0.5) is 4.39 Å². The van der Waals surface area contributed by atoms with Crippen molar-refractivity contribution in [2.45, 2.75) is 9.83 Å². The predicted octanol–water partition coefficient (Wildman–Crippen LogP) is 3.67. The Kier molecular flexibility index (Phi) is 3.29. The topological polar surface area (TPSA) is 21.6 Å². The number of aliphatic imine (C=N–C) groups is 1. The lowest BCUT2D eigenvalue weighted by Gasteiger charge is -2.08. The maximum Gasteiger partial charge on any atom is 0.266 e. The second-order valence-electron chi connectivity index (χ2n) is 3.31. The minimum absolute atomic E-state index is 0.0758. The standard InChI is InChI=1S/C10H7Cl3FNO/c11-10(12,13)9-15-8(5-16-9)6-1-3-7(14)4-2-6/h1-4,8H,5H2. The quantitative estimate of drug-likeness (QED) is 0.720. The van der Waals surface area contributed by atoms with Gasteiger partial charge in [-0.05, 0) is 17.7 Å². The molecule has 16 heavy (non-hydrogen) atoms. The number of nitrogens with zero attached hydrogens (tertiary/aromatic N) is 1. The van der Waals surface area contributed by atoms with Gasteiger partial charge in [-0.3, -0.25) is 0 Å². The van der Waals surface area contributed by atoms with Crippen LogP contribution in [0, 0.1) is 5.82 Å². The van der Waals surface area contributed by atoms with Crippen molar-refractivity contribution in [1.82, 2.24) is 0 Å². The van der Waals surface area contributed by atoms with Gasteiger partial charge in [0.25, 0.3) is 3.79 Å². The van der Waals surface area contributed by atoms with Crippen LogP contribution >= 0.6 is 34.8 Å². The second-order valence-corrected chi connectivity index (χ2v) is 5.59. The summed E-state index contributed by atoms with van der Waals surface area (Å²) in [6, 6.07) is 5.74. The van der Waals surface area contributed by atoms with Crippen LogP contribution in [0.3, 0.4) is 0 Å². The SMILES string of the molecule is Fc1ccc(C2COC(C(Cl)(Cl)Cl)=N2)cc1. The number of benzene rings is 1. The Hall–Kier alpha value is -0.510. The van der Waals surface area contributed by atoms with Crippen molar-refractivity contribution in [2.24, 2.45) is 4.99 Å². The summed E-state index contributed by atoms with van der Waals surface area (Å²) in [6.45, 7) is 0.300. The molecule has 86 valence electrons. The molecule has 1 aromatic carbocycles. The zero-order valence-electron chi connectivity index (χ0n) is 7.96. The summed E-state index contributed by atoms with van der Waals surface area (Å²) in [5.41, 5.74) is 0.825. The van der Waals surface area contributed by atoms with E-state index in [0.717, 1.165) is 5.56 Å². The van der Waals surface area contributed by atoms with Crippen LogP contribution < -0.4 is 0 Å². The molecule has 2 rings (SSSR count). The Balaban J connectivity index is 2.20. The lowest BCUT2D eigenvalue weighted by molar-refractivity contribution is 0.314. The Morgan fingerprint density at radius 3 is 2.38 bits per heavy atom. The Bertz CT molecular complexity index is 413. The van der Waals surface area contributed by atoms with Gasteiger partial charge in [-0.15, -0.1) is 0 Å². The first-order chi connectivity index (χ1) is 7.47. The van der Waals surface area contributed by atoms with E-state index in [4.69, 9.17) is 39.5 Å². The molecule has 1 unspecified atom stereocenters. The molecule has 0 amide bonds. The van der Waals surface area contributed by atoms with E-state index in [-0.39, 0.29) is 17.8 Å². The predicted molar refractivity (Wildman–Crippen MR) is 62.8 cm³/mol. The molecule has 1 aromatic rings. The third-order valence-electron chi connectivity index (χ3n) is 2.15. The minimum atomic E-state index is -1.64. The van der Waals surface area contributed by atoms with Gasteiger partial charge in [-0.1, -0.05) is 46.9 Å². The highest BCUT2D eigenvalue weighted by Crippen LogP contribution is 2.34. The van der Waals surface area contributed by atoms with Crippen molar-refractivity contribution in [1.29, 1.82) is 0 Å². The van der Waals surface area contributed by atoms with Crippen LogP contribution in [-0.4, -0.2) is 16.3 Å². The largest absolute Gasteiger partial charge is 0.475 e. The number of ether oxygens (including phenoxy) is 1. The number of rotatable bonds is 1. The van der Waals surface area contributed by atoms with Crippen molar-refractivity contribution in [3.63, 3.8) is 0 Å². The van der Waals surface area contributed by atoms with Crippen LogP contribution in [0.15, 0.2) is 29.3 Å². The minimum Gasteiger partial charge on any atom is -0.475 e. The Morgan fingerprint density at radius 1 is 1.25 bits per heavy atom. The molecule has 1 aliphatic heterocycles. The Morgan fingerprint density at radius 2 is 1.88 bits per heavy atom. The second kappa shape index (κ2) is 4.40. The lowest BCUT2D eigenvalue weighted by Crippen LogP contribution is -2.18. The summed E-state index contributed by atoms with van der Waals surface area (Å²) < 4.78 is 16.2. The molecule has 1 heterocycles. The summed E-state index contributed by atoms with van der Waals surface area (Å²) in [6.07, 6.45) is 0. The smallest absolute Gasteiger partial charge is 0.266 e. The van der Waals surface area contributed by atoms with Gasteiger partial charge in [-0.2, -0.15) is 0 Å². The molecule has 0 spiro atoms. The summed E-state index contributed by atoms with van der Waals surface area (Å²) >= 11 is 16.9. The van der Waals surface area contributed by atoms with Gasteiger partial charge in [0, 0.05) is 0 Å². The maximum atomic E-state index is 12.7. The highest BCUT2D eigenvalue weighted by molar-refractivity contribution is 6.76. The van der Waals surface area contributed by atoms with Crippen LogP contribution in [0.1, 0.15) is 11.6 Å². The van der Waals surface area contributed by atoms with Crippen LogP contribution in [0.2, 0.25) is 0 Å². The first kappa shape index (κ1) is 12.0. The first-order valence-corrected chi connectivity index (χ1v) is 5.63. The Labute approximate surface area is 107 Å². The van der Waals surface area contributed by atoms with Gasteiger partial charge in [0.15, 0.2) is 0 Å². The van der Waals surface area contributed by atoms with Crippen molar-refractivity contribution < 1.29 is 9.13 Å². The molecule has 0 saturated carbocycles. The highest BCUT2D eigenvalue weighted by Gasteiger charge is 2.35. The molecule has 2 nitrogen and oxygen atoms in total. The average Bonchev–Trinajstić information content (AvgIpc) is 2.67. The molecule has 0 aromatic heterocycles. The maximum absolute atomic E-state index is 12.7. The van der Waals surface area contributed by atoms with E-state index in [1.807, 2.05) is 0 Å². The van der Waals surface area contributed by atoms with Gasteiger partial charge < -0.3 is 4.74 Å². The fourth-order valence-electron chi connectivity index (χ4n) is 1.38. The van der Waals surface area contributed by atoms with E-state index in [1.165, 1.54) is 12.1 Å². The van der Waals surface area contributed by atoms with Crippen LogP contribution in [-0.2, 0) is 4.74 Å². The molecule has 0 bridgehead atoms. The van der Waals surface area contributed by atoms with Gasteiger partial charge >= 0.3 is 0 Å². The van der Waals surface area contributed by atoms with Crippen molar-refractivity contribution in [3.05, 3.63) is 35.6 Å². The van der Waals surface area contributed by atoms with E-state index in [0.29, 0.717) is 6.61 Å². The molecule has 0 N–H and O–H groups in total. The summed E-state index contributed by atoms with van der Waals surface area (Å²) in [4.78, 5) is 4.14. The van der Waals surface area contributed by atoms with Crippen LogP contribution in [0.5, 0.6) is 0 Å². The van der Waals surface area contributed by atoms with Crippen molar-refractivity contribution in [3.8, 4) is 0 Å². The van der Waals surface area contributed by atoms with E-state index in [2.05, 4.69) is 4.99 Å². The monoisotopic (exact) mass is 281 g/mol. The zero-order valence-corrected chi connectivity index (χ0v) is 10.2. The van der Waals surface area contributed by atoms with Gasteiger partial charge in [0.1, 0.15) is 18.5 Å². The van der Waals surface area contributed by atoms with Gasteiger partial charge in [-0.25, -0.2) is 9.38 Å². The summed E-state index contributed by atoms with van der Waals surface area (Å²) in [5.74, 6) is -0.222. The molecule has 0 fully saturated rings. The van der Waals surface area contributed by atoms with E-state index in [9.17, 15) is 4.39 Å². The molecule has 0 radical (unpaired) electrons. The van der Waals surface area contributed by atoms with Gasteiger partial charge in [0.05, 0.1) is 0 Å². The number of halogens is 4. The molecule has 1 atom stereocenters. The summed E-state index contributed by atoms with van der Waals surface area (Å²) in [5, 5.41) is 0. The number of alkyl halides is 3. The third-order valence-corrected chi connectivity index (χ3v) is 2.63. The highest BCUT2D eigenvalue weighted by atomic mass is 35.6. The molecule has 6 heteroatoms. The van der Waals surface area contributed by atoms with Crippen molar-refractivity contribution >= 4 is 40.7 Å². The fourth-order valence-corrected chi connectivity index (χ4v) is 1.69. The van der Waals surface area contributed by atoms with Crippen molar-refractivity contribution in [2.75, 3.05) is 6.61 Å². The summed E-state index contributed by atoms with van der Waals surface area (Å²) in [7, 11) is 0. The van der Waals surface area contributed by atoms with E-state index < -0.39 is 3.79 Å². The molecule has 0 saturated heterocycles. The number of hydrogen-bond donors (Lipinski definition) is 0. The van der Waals surface area contributed by atoms with Crippen LogP contribution in [0.25, 0.3) is 0 Å². The molecular formula is C10H7Cl3FNO. The first-order valence-electron chi connectivity index (χ1n) is 4.50. The lowest BCUT2D eigenvalue weighted by atomic mass is 10.1.